The van der Waals surface area contributed by atoms with Crippen LogP contribution in [0.2, 0.25) is 0 Å². The van der Waals surface area contributed by atoms with Gasteiger partial charge in [-0.2, -0.15) is 13.2 Å². The predicted molar refractivity (Wildman–Crippen MR) is 111 cm³/mol. The van der Waals surface area contributed by atoms with Gasteiger partial charge >= 0.3 is 6.18 Å². The Morgan fingerprint density at radius 2 is 1.94 bits per heavy atom. The van der Waals surface area contributed by atoms with Gasteiger partial charge in [-0.15, -0.1) is 0 Å². The normalized spacial score (nSPS) is 15.4. The topological polar surface area (TPSA) is 111 Å². The molecule has 1 amide bonds. The maximum atomic E-state index is 13.4. The molecule has 0 aromatic heterocycles. The Labute approximate surface area is 182 Å². The van der Waals surface area contributed by atoms with E-state index in [2.05, 4.69) is 10.2 Å². The highest BCUT2D eigenvalue weighted by molar-refractivity contribution is 5.94. The number of alkyl halides is 3. The zero-order valence-electron chi connectivity index (χ0n) is 17.3. The molecule has 3 N–H and O–H groups in total. The zero-order valence-corrected chi connectivity index (χ0v) is 17.3. The van der Waals surface area contributed by atoms with Gasteiger partial charge in [-0.05, 0) is 49.7 Å². The number of amides is 1. The number of carbonyl (C=O) groups is 1. The van der Waals surface area contributed by atoms with Crippen LogP contribution in [0, 0.1) is 10.1 Å². The Morgan fingerprint density at radius 3 is 2.53 bits per heavy atom. The van der Waals surface area contributed by atoms with Crippen LogP contribution in [-0.2, 0) is 12.7 Å². The number of nitro groups is 1. The van der Waals surface area contributed by atoms with Crippen molar-refractivity contribution in [3.8, 4) is 5.75 Å². The number of non-ortho nitro benzene ring substituents is 1. The second-order valence-corrected chi connectivity index (χ2v) is 7.69. The number of benzene rings is 2. The number of nitrogens with zero attached hydrogens (tertiary/aromatic N) is 2. The van der Waals surface area contributed by atoms with Gasteiger partial charge in [0.25, 0.3) is 11.6 Å². The average Bonchev–Trinajstić information content (AvgIpc) is 2.73. The van der Waals surface area contributed by atoms with Gasteiger partial charge in [0.15, 0.2) is 0 Å². The molecule has 0 saturated carbocycles. The van der Waals surface area contributed by atoms with E-state index in [1.807, 2.05) is 7.05 Å². The fourth-order valence-electron chi connectivity index (χ4n) is 3.39. The highest BCUT2D eigenvalue weighted by Crippen LogP contribution is 2.33. The van der Waals surface area contributed by atoms with Gasteiger partial charge in [-0.1, -0.05) is 0 Å². The second kappa shape index (κ2) is 9.43. The Bertz CT molecular complexity index is 1010. The van der Waals surface area contributed by atoms with Crippen LogP contribution >= 0.6 is 0 Å². The summed E-state index contributed by atoms with van der Waals surface area (Å²) in [5.74, 6) is -0.767. The van der Waals surface area contributed by atoms with Crippen LogP contribution in [0.5, 0.6) is 5.75 Å². The monoisotopic (exact) mass is 452 g/mol. The molecule has 11 heteroatoms. The fourth-order valence-corrected chi connectivity index (χ4v) is 3.39. The molecule has 172 valence electrons. The number of hydrogen-bond donors (Lipinski definition) is 2. The third-order valence-electron chi connectivity index (χ3n) is 5.24. The van der Waals surface area contributed by atoms with E-state index >= 15 is 0 Å². The summed E-state index contributed by atoms with van der Waals surface area (Å²) in [6, 6.07) is 6.70. The lowest BCUT2D eigenvalue weighted by atomic mass is 10.1. The number of nitrogens with two attached hydrogens (primary N) is 1. The summed E-state index contributed by atoms with van der Waals surface area (Å²) in [6.07, 6.45) is -3.53. The second-order valence-electron chi connectivity index (χ2n) is 7.69. The fraction of sp³-hybridized carbons (Fsp3) is 0.381. The van der Waals surface area contributed by atoms with Crippen LogP contribution in [0.1, 0.15) is 34.3 Å². The number of nitro benzene ring substituents is 1. The van der Waals surface area contributed by atoms with Crippen molar-refractivity contribution in [3.63, 3.8) is 0 Å². The van der Waals surface area contributed by atoms with Crippen LogP contribution in [0.4, 0.5) is 24.5 Å². The maximum absolute atomic E-state index is 13.4. The van der Waals surface area contributed by atoms with Crippen LogP contribution in [0.3, 0.4) is 0 Å². The molecule has 0 bridgehead atoms. The first kappa shape index (κ1) is 23.3. The van der Waals surface area contributed by atoms with Crippen molar-refractivity contribution in [3.05, 3.63) is 63.2 Å². The Hall–Kier alpha value is -3.34. The van der Waals surface area contributed by atoms with Crippen LogP contribution in [0.15, 0.2) is 36.4 Å². The summed E-state index contributed by atoms with van der Waals surface area (Å²) in [7, 11) is 1.96. The molecule has 3 rings (SSSR count). The summed E-state index contributed by atoms with van der Waals surface area (Å²) in [4.78, 5) is 24.9. The Kier molecular flexibility index (Phi) is 6.87. The largest absolute Gasteiger partial charge is 0.490 e. The van der Waals surface area contributed by atoms with Gasteiger partial charge in [0.2, 0.25) is 0 Å². The van der Waals surface area contributed by atoms with E-state index in [0.29, 0.717) is 18.4 Å². The van der Waals surface area contributed by atoms with Crippen LogP contribution in [-0.4, -0.2) is 42.0 Å². The first-order valence-corrected chi connectivity index (χ1v) is 9.91. The van der Waals surface area contributed by atoms with Crippen molar-refractivity contribution >= 4 is 17.3 Å². The highest BCUT2D eigenvalue weighted by Gasteiger charge is 2.32. The molecular weight excluding hydrogens is 429 g/mol. The smallest absolute Gasteiger partial charge is 0.416 e. The Morgan fingerprint density at radius 1 is 1.25 bits per heavy atom. The van der Waals surface area contributed by atoms with Gasteiger partial charge in [0.05, 0.1) is 10.5 Å². The number of ether oxygens (including phenoxy) is 1. The quantitative estimate of drug-likeness (QED) is 0.394. The lowest BCUT2D eigenvalue weighted by Gasteiger charge is -2.29. The molecular formula is C21H23F3N4O4. The SMILES string of the molecule is CN1CCC(Oc2cc(C(=O)NCc3ccc([N+](=O)[O-])cc3N)cc(C(F)(F)F)c2)CC1. The van der Waals surface area contributed by atoms with Crippen LogP contribution < -0.4 is 15.8 Å². The van der Waals surface area contributed by atoms with Gasteiger partial charge in [-0.3, -0.25) is 14.9 Å². The highest BCUT2D eigenvalue weighted by atomic mass is 19.4. The summed E-state index contributed by atoms with van der Waals surface area (Å²) >= 11 is 0. The number of halogens is 3. The molecule has 0 spiro atoms. The van der Waals surface area contributed by atoms with Crippen molar-refractivity contribution in [2.24, 2.45) is 0 Å². The van der Waals surface area contributed by atoms with Crippen molar-refractivity contribution in [1.82, 2.24) is 10.2 Å². The van der Waals surface area contributed by atoms with Crippen molar-refractivity contribution in [2.45, 2.75) is 31.7 Å². The average molecular weight is 452 g/mol. The van der Waals surface area contributed by atoms with Crippen molar-refractivity contribution in [1.29, 1.82) is 0 Å². The van der Waals surface area contributed by atoms with Gasteiger partial charge in [0.1, 0.15) is 11.9 Å². The number of hydrogen-bond acceptors (Lipinski definition) is 6. The summed E-state index contributed by atoms with van der Waals surface area (Å²) in [5.41, 5.74) is 4.88. The number of nitrogens with one attached hydrogen (secondary N) is 1. The molecule has 0 aliphatic carbocycles. The number of nitrogen functional groups attached to an aromatic ring is 1. The van der Waals surface area contributed by atoms with Crippen molar-refractivity contribution < 1.29 is 27.6 Å². The van der Waals surface area contributed by atoms with Gasteiger partial charge < -0.3 is 20.7 Å². The molecule has 2 aromatic carbocycles. The number of piperidine rings is 1. The summed E-state index contributed by atoms with van der Waals surface area (Å²) in [5, 5.41) is 13.3. The molecule has 8 nitrogen and oxygen atoms in total. The van der Waals surface area contributed by atoms with E-state index in [1.54, 1.807) is 0 Å². The number of rotatable bonds is 6. The predicted octanol–water partition coefficient (Wildman–Crippen LogP) is 3.60. The van der Waals surface area contributed by atoms with E-state index in [4.69, 9.17) is 10.5 Å². The summed E-state index contributed by atoms with van der Waals surface area (Å²) < 4.78 is 45.9. The van der Waals surface area contributed by atoms with Gasteiger partial charge in [-0.25, -0.2) is 0 Å². The van der Waals surface area contributed by atoms with Crippen molar-refractivity contribution in [2.75, 3.05) is 25.9 Å². The number of likely N-dealkylation sites (tertiary alicyclic amines) is 1. The molecule has 0 unspecified atom stereocenters. The van der Waals surface area contributed by atoms with E-state index in [0.717, 1.165) is 31.3 Å². The lowest BCUT2D eigenvalue weighted by Crippen LogP contribution is -2.35. The minimum atomic E-state index is -4.65. The molecule has 1 fully saturated rings. The van der Waals surface area contributed by atoms with E-state index in [9.17, 15) is 28.1 Å². The molecule has 0 radical (unpaired) electrons. The molecule has 0 atom stereocenters. The van der Waals surface area contributed by atoms with Gasteiger partial charge in [0, 0.05) is 43.0 Å². The minimum absolute atomic E-state index is 0.0191. The standard InChI is InChI=1S/C21H23F3N4O4/c1-27-6-4-17(5-7-27)32-18-9-14(8-15(10-18)21(22,23)24)20(29)26-12-13-2-3-16(28(30)31)11-19(13)25/h2-3,8-11,17H,4-7,12,25H2,1H3,(H,26,29). The third kappa shape index (κ3) is 5.88. The number of carbonyl (C=O) groups excluding carboxylic acids is 1. The third-order valence-corrected chi connectivity index (χ3v) is 5.24. The zero-order chi connectivity index (χ0) is 23.5. The lowest BCUT2D eigenvalue weighted by molar-refractivity contribution is -0.384. The van der Waals surface area contributed by atoms with E-state index in [1.165, 1.54) is 18.2 Å². The molecule has 1 saturated heterocycles. The first-order valence-electron chi connectivity index (χ1n) is 9.91. The van der Waals surface area contributed by atoms with Crippen LogP contribution in [0.25, 0.3) is 0 Å². The molecule has 2 aromatic rings. The molecule has 1 aliphatic heterocycles. The molecule has 1 aliphatic rings. The van der Waals surface area contributed by atoms with E-state index in [-0.39, 0.29) is 35.3 Å². The minimum Gasteiger partial charge on any atom is -0.490 e. The Balaban J connectivity index is 1.76. The van der Waals surface area contributed by atoms with E-state index < -0.39 is 22.6 Å². The molecule has 1 heterocycles. The maximum Gasteiger partial charge on any atom is 0.416 e. The molecule has 32 heavy (non-hydrogen) atoms. The number of anilines is 1. The summed E-state index contributed by atoms with van der Waals surface area (Å²) in [6.45, 7) is 1.44. The first-order chi connectivity index (χ1) is 15.0.